The second-order valence-electron chi connectivity index (χ2n) is 3.42. The average molecular weight is 191 g/mol. The summed E-state index contributed by atoms with van der Waals surface area (Å²) in [5.41, 5.74) is 2.09. The van der Waals surface area contributed by atoms with Crippen molar-refractivity contribution in [3.05, 3.63) is 28.5 Å². The lowest BCUT2D eigenvalue weighted by Crippen LogP contribution is -2.17. The normalized spacial score (nSPS) is 17.6. The van der Waals surface area contributed by atoms with Gasteiger partial charge in [-0.3, -0.25) is 0 Å². The molecule has 4 heteroatoms. The summed E-state index contributed by atoms with van der Waals surface area (Å²) < 4.78 is 11.4. The van der Waals surface area contributed by atoms with E-state index in [9.17, 15) is 5.21 Å². The number of hydroxylamine groups is 1. The quantitative estimate of drug-likeness (QED) is 0.452. The van der Waals surface area contributed by atoms with Crippen molar-refractivity contribution in [2.24, 2.45) is 0 Å². The van der Waals surface area contributed by atoms with Crippen LogP contribution in [0.25, 0.3) is 0 Å². The highest BCUT2D eigenvalue weighted by Gasteiger charge is 2.20. The lowest BCUT2D eigenvalue weighted by atomic mass is 10.0. The molecule has 4 nitrogen and oxygen atoms in total. The van der Waals surface area contributed by atoms with Crippen molar-refractivity contribution < 1.29 is 14.2 Å². The number of hydrogen-bond donors (Lipinski definition) is 0. The van der Waals surface area contributed by atoms with Crippen LogP contribution in [0, 0.1) is 5.21 Å². The molecule has 1 aromatic carbocycles. The molecule has 0 spiro atoms. The van der Waals surface area contributed by atoms with Gasteiger partial charge in [0.05, 0.1) is 0 Å². The number of hydrogen-bond acceptors (Lipinski definition) is 3. The number of rotatable bonds is 0. The van der Waals surface area contributed by atoms with E-state index in [2.05, 4.69) is 0 Å². The van der Waals surface area contributed by atoms with E-state index in [-0.39, 0.29) is 6.79 Å². The Labute approximate surface area is 81.0 Å². The Morgan fingerprint density at radius 3 is 2.86 bits per heavy atom. The maximum atomic E-state index is 11.1. The topological polar surface area (TPSA) is 44.5 Å². The van der Waals surface area contributed by atoms with Gasteiger partial charge in [-0.05, 0) is 17.7 Å². The first-order chi connectivity index (χ1) is 6.83. The van der Waals surface area contributed by atoms with E-state index in [1.807, 2.05) is 12.1 Å². The van der Waals surface area contributed by atoms with Crippen LogP contribution in [0.3, 0.4) is 0 Å². The molecule has 1 aromatic rings. The number of nitrogens with zero attached hydrogens (tertiary/aromatic N) is 1. The molecule has 0 saturated heterocycles. The highest BCUT2D eigenvalue weighted by Crippen LogP contribution is 2.35. The summed E-state index contributed by atoms with van der Waals surface area (Å²) in [5, 5.41) is 11.1. The molecule has 2 aliphatic rings. The Kier molecular flexibility index (Phi) is 1.45. The summed E-state index contributed by atoms with van der Waals surface area (Å²) >= 11 is 0. The maximum Gasteiger partial charge on any atom is 0.231 e. The lowest BCUT2D eigenvalue weighted by molar-refractivity contribution is -0.453. The molecule has 14 heavy (non-hydrogen) atoms. The molecule has 2 heterocycles. The number of fused-ring (bicyclic) bond motifs is 2. The summed E-state index contributed by atoms with van der Waals surface area (Å²) in [6.07, 6.45) is 2.37. The minimum atomic E-state index is 0.277. The Morgan fingerprint density at radius 1 is 1.21 bits per heavy atom. The fourth-order valence-corrected chi connectivity index (χ4v) is 1.79. The van der Waals surface area contributed by atoms with Gasteiger partial charge in [-0.2, -0.15) is 0 Å². The van der Waals surface area contributed by atoms with Gasteiger partial charge in [0.1, 0.15) is 0 Å². The molecule has 0 unspecified atom stereocenters. The first-order valence-electron chi connectivity index (χ1n) is 4.54. The van der Waals surface area contributed by atoms with Gasteiger partial charge in [0.2, 0.25) is 6.79 Å². The molecule has 2 aliphatic heterocycles. The smallest absolute Gasteiger partial charge is 0.231 e. The standard InChI is InChI=1S/C10H9NO3/c12-11-2-1-7-3-9-10(14-6-13-9)4-8(7)5-11/h3-5H,1-2,6H2. The van der Waals surface area contributed by atoms with Crippen LogP contribution < -0.4 is 9.47 Å². The summed E-state index contributed by atoms with van der Waals surface area (Å²) in [7, 11) is 0. The van der Waals surface area contributed by atoms with Gasteiger partial charge in [0.25, 0.3) is 0 Å². The van der Waals surface area contributed by atoms with Crippen molar-refractivity contribution in [3.8, 4) is 11.5 Å². The second-order valence-corrected chi connectivity index (χ2v) is 3.42. The third-order valence-electron chi connectivity index (χ3n) is 2.52. The third-order valence-corrected chi connectivity index (χ3v) is 2.52. The Balaban J connectivity index is 2.15. The highest BCUT2D eigenvalue weighted by atomic mass is 16.7. The summed E-state index contributed by atoms with van der Waals surface area (Å²) in [4.78, 5) is 0. The first-order valence-corrected chi connectivity index (χ1v) is 4.54. The SMILES string of the molecule is [O-][N+]1=Cc2cc3c(cc2CC1)OCO3. The molecule has 0 radical (unpaired) electrons. The van der Waals surface area contributed by atoms with Crippen LogP contribution in [-0.4, -0.2) is 24.3 Å². The van der Waals surface area contributed by atoms with E-state index in [0.717, 1.165) is 33.8 Å². The second kappa shape index (κ2) is 2.64. The third kappa shape index (κ3) is 1.04. The molecule has 0 aliphatic carbocycles. The van der Waals surface area contributed by atoms with Crippen molar-refractivity contribution in [3.63, 3.8) is 0 Å². The highest BCUT2D eigenvalue weighted by molar-refractivity contribution is 5.80. The zero-order valence-corrected chi connectivity index (χ0v) is 7.53. The zero-order chi connectivity index (χ0) is 9.54. The fourth-order valence-electron chi connectivity index (χ4n) is 1.79. The Bertz CT molecular complexity index is 426. The number of ether oxygens (including phenoxy) is 2. The van der Waals surface area contributed by atoms with E-state index in [1.165, 1.54) is 0 Å². The first kappa shape index (κ1) is 7.67. The van der Waals surface area contributed by atoms with Crippen LogP contribution in [0.4, 0.5) is 0 Å². The average Bonchev–Trinajstić information content (AvgIpc) is 2.61. The molecule has 0 fully saturated rings. The van der Waals surface area contributed by atoms with E-state index in [1.54, 1.807) is 6.21 Å². The van der Waals surface area contributed by atoms with Gasteiger partial charge in [-0.1, -0.05) is 0 Å². The molecule has 0 aromatic heterocycles. The minimum Gasteiger partial charge on any atom is -0.624 e. The fraction of sp³-hybridized carbons (Fsp3) is 0.300. The largest absolute Gasteiger partial charge is 0.624 e. The maximum absolute atomic E-state index is 11.1. The van der Waals surface area contributed by atoms with Crippen LogP contribution in [0.1, 0.15) is 11.1 Å². The molecule has 0 atom stereocenters. The van der Waals surface area contributed by atoms with Crippen molar-refractivity contribution >= 4 is 6.21 Å². The summed E-state index contributed by atoms with van der Waals surface area (Å²) in [6, 6.07) is 3.82. The van der Waals surface area contributed by atoms with E-state index in [0.29, 0.717) is 6.54 Å². The van der Waals surface area contributed by atoms with Crippen molar-refractivity contribution in [1.82, 2.24) is 0 Å². The van der Waals surface area contributed by atoms with Gasteiger partial charge in [0.15, 0.2) is 24.3 Å². The van der Waals surface area contributed by atoms with E-state index >= 15 is 0 Å². The van der Waals surface area contributed by atoms with Crippen LogP contribution in [0.5, 0.6) is 11.5 Å². The summed E-state index contributed by atoms with van der Waals surface area (Å²) in [6.45, 7) is 0.798. The molecule has 0 N–H and O–H groups in total. The molecule has 0 saturated carbocycles. The molecular weight excluding hydrogens is 182 g/mol. The molecule has 0 amide bonds. The van der Waals surface area contributed by atoms with E-state index < -0.39 is 0 Å². The van der Waals surface area contributed by atoms with Crippen molar-refractivity contribution in [1.29, 1.82) is 0 Å². The van der Waals surface area contributed by atoms with Crippen LogP contribution in [0.2, 0.25) is 0 Å². The van der Waals surface area contributed by atoms with Crippen LogP contribution >= 0.6 is 0 Å². The summed E-state index contributed by atoms with van der Waals surface area (Å²) in [5.74, 6) is 1.52. The monoisotopic (exact) mass is 191 g/mol. The lowest BCUT2D eigenvalue weighted by Gasteiger charge is -2.13. The van der Waals surface area contributed by atoms with Gasteiger partial charge in [-0.15, -0.1) is 0 Å². The molecule has 0 bridgehead atoms. The molecular formula is C10H9NO3. The minimum absolute atomic E-state index is 0.277. The van der Waals surface area contributed by atoms with Gasteiger partial charge in [-0.25, -0.2) is 4.74 Å². The van der Waals surface area contributed by atoms with Gasteiger partial charge in [0, 0.05) is 12.0 Å². The van der Waals surface area contributed by atoms with Crippen LogP contribution in [-0.2, 0) is 6.42 Å². The zero-order valence-electron chi connectivity index (χ0n) is 7.53. The Morgan fingerprint density at radius 2 is 2.00 bits per heavy atom. The van der Waals surface area contributed by atoms with Gasteiger partial charge < -0.3 is 14.7 Å². The molecule has 72 valence electrons. The van der Waals surface area contributed by atoms with Crippen molar-refractivity contribution in [2.45, 2.75) is 6.42 Å². The molecule has 3 rings (SSSR count). The van der Waals surface area contributed by atoms with Crippen molar-refractivity contribution in [2.75, 3.05) is 13.3 Å². The van der Waals surface area contributed by atoms with Crippen LogP contribution in [0.15, 0.2) is 12.1 Å². The van der Waals surface area contributed by atoms with Gasteiger partial charge >= 0.3 is 0 Å². The predicted octanol–water partition coefficient (Wildman–Crippen LogP) is 0.901. The predicted molar refractivity (Wildman–Crippen MR) is 49.9 cm³/mol. The number of benzene rings is 1. The Hall–Kier alpha value is -1.71. The van der Waals surface area contributed by atoms with E-state index in [4.69, 9.17) is 9.47 Å².